The average molecular weight is 302 g/mol. The molecule has 0 saturated carbocycles. The Morgan fingerprint density at radius 2 is 2.21 bits per heavy atom. The second-order valence-electron chi connectivity index (χ2n) is 3.79. The van der Waals surface area contributed by atoms with E-state index in [4.69, 9.17) is 27.9 Å². The van der Waals surface area contributed by atoms with Gasteiger partial charge in [-0.25, -0.2) is 0 Å². The maximum Gasteiger partial charge on any atom is 0.213 e. The van der Waals surface area contributed by atoms with Crippen LogP contribution in [0.5, 0.6) is 5.75 Å². The van der Waals surface area contributed by atoms with Crippen LogP contribution in [0.15, 0.2) is 23.0 Å². The van der Waals surface area contributed by atoms with Gasteiger partial charge >= 0.3 is 0 Å². The Morgan fingerprint density at radius 3 is 2.89 bits per heavy atom. The van der Waals surface area contributed by atoms with Crippen molar-refractivity contribution in [3.63, 3.8) is 0 Å². The molecule has 0 aliphatic carbocycles. The molecule has 7 heteroatoms. The van der Waals surface area contributed by atoms with Gasteiger partial charge in [0.25, 0.3) is 0 Å². The lowest BCUT2D eigenvalue weighted by Gasteiger charge is -2.13. The molecule has 0 radical (unpaired) electrons. The topological polar surface area (TPSA) is 60.2 Å². The van der Waals surface area contributed by atoms with Gasteiger partial charge in [0.1, 0.15) is 5.75 Å². The van der Waals surface area contributed by atoms with Gasteiger partial charge in [-0.2, -0.15) is 4.98 Å². The highest BCUT2D eigenvalue weighted by molar-refractivity contribution is 6.35. The summed E-state index contributed by atoms with van der Waals surface area (Å²) in [6.45, 7) is 3.68. The van der Waals surface area contributed by atoms with E-state index < -0.39 is 0 Å². The maximum absolute atomic E-state index is 6.15. The highest BCUT2D eigenvalue weighted by Crippen LogP contribution is 2.32. The van der Waals surface area contributed by atoms with Crippen molar-refractivity contribution in [1.82, 2.24) is 15.5 Å². The Morgan fingerprint density at radius 1 is 1.37 bits per heavy atom. The minimum absolute atomic E-state index is 0.191. The number of hydrogen-bond donors (Lipinski definition) is 1. The first-order valence-electron chi connectivity index (χ1n) is 5.77. The average Bonchev–Trinajstić information content (AvgIpc) is 2.88. The van der Waals surface area contributed by atoms with Crippen LogP contribution in [0.2, 0.25) is 10.0 Å². The van der Waals surface area contributed by atoms with Gasteiger partial charge in [0.05, 0.1) is 5.02 Å². The van der Waals surface area contributed by atoms with Crippen LogP contribution in [0.4, 0.5) is 0 Å². The Hall–Kier alpha value is -1.30. The number of hydrogen-bond acceptors (Lipinski definition) is 5. The zero-order valence-corrected chi connectivity index (χ0v) is 11.8. The third kappa shape index (κ3) is 3.83. The van der Waals surface area contributed by atoms with Crippen LogP contribution in [0.3, 0.4) is 0 Å². The number of benzene rings is 1. The lowest BCUT2D eigenvalue weighted by Crippen LogP contribution is -2.13. The molecular weight excluding hydrogens is 289 g/mol. The molecule has 2 rings (SSSR count). The predicted molar refractivity (Wildman–Crippen MR) is 72.5 cm³/mol. The fraction of sp³-hybridized carbons (Fsp3) is 0.333. The molecule has 0 fully saturated rings. The van der Waals surface area contributed by atoms with Crippen molar-refractivity contribution in [3.8, 4) is 5.75 Å². The summed E-state index contributed by atoms with van der Waals surface area (Å²) in [5, 5.41) is 7.92. The lowest BCUT2D eigenvalue weighted by molar-refractivity contribution is 0.283. The number of aromatic nitrogens is 2. The van der Waals surface area contributed by atoms with E-state index in [2.05, 4.69) is 20.0 Å². The zero-order chi connectivity index (χ0) is 13.7. The van der Waals surface area contributed by atoms with E-state index in [0.717, 1.165) is 12.1 Å². The highest BCUT2D eigenvalue weighted by Gasteiger charge is 2.12. The van der Waals surface area contributed by atoms with Crippen molar-refractivity contribution < 1.29 is 9.26 Å². The Bertz CT molecular complexity index is 532. The molecule has 0 bridgehead atoms. The van der Waals surface area contributed by atoms with E-state index in [1.165, 1.54) is 6.39 Å². The Balaban J connectivity index is 2.16. The van der Waals surface area contributed by atoms with Gasteiger partial charge in [-0.1, -0.05) is 35.3 Å². The monoisotopic (exact) mass is 301 g/mol. The van der Waals surface area contributed by atoms with Gasteiger partial charge in [0, 0.05) is 17.1 Å². The van der Waals surface area contributed by atoms with Crippen LogP contribution >= 0.6 is 23.2 Å². The van der Waals surface area contributed by atoms with Crippen LogP contribution in [-0.2, 0) is 13.2 Å². The molecule has 2 aromatic rings. The maximum atomic E-state index is 6.15. The fourth-order valence-corrected chi connectivity index (χ4v) is 2.15. The number of nitrogens with zero attached hydrogens (tertiary/aromatic N) is 2. The van der Waals surface area contributed by atoms with Gasteiger partial charge in [-0.05, 0) is 18.7 Å². The van der Waals surface area contributed by atoms with Crippen molar-refractivity contribution in [1.29, 1.82) is 0 Å². The first-order valence-corrected chi connectivity index (χ1v) is 6.53. The predicted octanol–water partition coefficient (Wildman–Crippen LogP) is 3.06. The fourth-order valence-electron chi connectivity index (χ4n) is 1.56. The molecule has 0 amide bonds. The molecule has 0 saturated heterocycles. The molecule has 0 aliphatic heterocycles. The van der Waals surface area contributed by atoms with Crippen molar-refractivity contribution in [2.75, 3.05) is 6.54 Å². The standard InChI is InChI=1S/C12H13Cl2N3O2/c1-2-15-5-8-3-9(13)4-10(14)12(8)18-6-11-16-7-19-17-11/h3-4,7,15H,2,5-6H2,1H3. The molecule has 1 aromatic carbocycles. The van der Waals surface area contributed by atoms with Crippen LogP contribution in [0, 0.1) is 0 Å². The van der Waals surface area contributed by atoms with E-state index in [1.807, 2.05) is 13.0 Å². The second kappa shape index (κ2) is 6.75. The third-order valence-electron chi connectivity index (χ3n) is 2.40. The van der Waals surface area contributed by atoms with Gasteiger partial charge in [-0.3, -0.25) is 0 Å². The van der Waals surface area contributed by atoms with Gasteiger partial charge in [0.2, 0.25) is 12.2 Å². The molecule has 1 aromatic heterocycles. The normalized spacial score (nSPS) is 10.7. The molecule has 1 N–H and O–H groups in total. The van der Waals surface area contributed by atoms with E-state index in [0.29, 0.717) is 28.2 Å². The van der Waals surface area contributed by atoms with Crippen LogP contribution < -0.4 is 10.1 Å². The summed E-state index contributed by atoms with van der Waals surface area (Å²) in [4.78, 5) is 3.88. The largest absolute Gasteiger partial charge is 0.484 e. The van der Waals surface area contributed by atoms with Crippen molar-refractivity contribution in [3.05, 3.63) is 40.0 Å². The van der Waals surface area contributed by atoms with E-state index in [1.54, 1.807) is 6.07 Å². The van der Waals surface area contributed by atoms with Crippen LogP contribution in [0.1, 0.15) is 18.3 Å². The summed E-state index contributed by atoms with van der Waals surface area (Å²) in [6.07, 6.45) is 1.25. The molecule has 19 heavy (non-hydrogen) atoms. The summed E-state index contributed by atoms with van der Waals surface area (Å²) >= 11 is 12.1. The molecule has 0 aliphatic rings. The summed E-state index contributed by atoms with van der Waals surface area (Å²) in [7, 11) is 0. The quantitative estimate of drug-likeness (QED) is 0.888. The highest BCUT2D eigenvalue weighted by atomic mass is 35.5. The molecule has 5 nitrogen and oxygen atoms in total. The smallest absolute Gasteiger partial charge is 0.213 e. The zero-order valence-electron chi connectivity index (χ0n) is 10.3. The molecular formula is C12H13Cl2N3O2. The van der Waals surface area contributed by atoms with Crippen LogP contribution in [0.25, 0.3) is 0 Å². The first-order chi connectivity index (χ1) is 9.20. The molecule has 0 unspecified atom stereocenters. The van der Waals surface area contributed by atoms with Crippen molar-refractivity contribution in [2.45, 2.75) is 20.1 Å². The Kier molecular flexibility index (Phi) is 5.01. The summed E-state index contributed by atoms with van der Waals surface area (Å²) < 4.78 is 10.3. The molecule has 102 valence electrons. The van der Waals surface area contributed by atoms with E-state index in [9.17, 15) is 0 Å². The molecule has 0 spiro atoms. The lowest BCUT2D eigenvalue weighted by atomic mass is 10.2. The minimum atomic E-state index is 0.191. The van der Waals surface area contributed by atoms with Crippen molar-refractivity contribution in [2.24, 2.45) is 0 Å². The Labute approximate surface area is 120 Å². The number of rotatable bonds is 6. The van der Waals surface area contributed by atoms with Gasteiger partial charge in [-0.15, -0.1) is 0 Å². The number of nitrogens with one attached hydrogen (secondary N) is 1. The van der Waals surface area contributed by atoms with Crippen molar-refractivity contribution >= 4 is 23.2 Å². The van der Waals surface area contributed by atoms with E-state index >= 15 is 0 Å². The first kappa shape index (κ1) is 14.1. The molecule has 1 heterocycles. The van der Waals surface area contributed by atoms with Crippen LogP contribution in [-0.4, -0.2) is 16.7 Å². The second-order valence-corrected chi connectivity index (χ2v) is 4.64. The SMILES string of the molecule is CCNCc1cc(Cl)cc(Cl)c1OCc1ncon1. The summed E-state index contributed by atoms with van der Waals surface area (Å²) in [5.41, 5.74) is 0.892. The number of ether oxygens (including phenoxy) is 1. The molecule has 0 atom stereocenters. The van der Waals surface area contributed by atoms with Gasteiger partial charge < -0.3 is 14.6 Å². The summed E-state index contributed by atoms with van der Waals surface area (Å²) in [6, 6.07) is 3.46. The van der Waals surface area contributed by atoms with Gasteiger partial charge in [0.15, 0.2) is 6.61 Å². The third-order valence-corrected chi connectivity index (χ3v) is 2.90. The minimum Gasteiger partial charge on any atom is -0.484 e. The van der Waals surface area contributed by atoms with E-state index in [-0.39, 0.29) is 6.61 Å². The summed E-state index contributed by atoms with van der Waals surface area (Å²) in [5.74, 6) is 1.04. The number of halogens is 2.